The summed E-state index contributed by atoms with van der Waals surface area (Å²) >= 11 is 0. The maximum atomic E-state index is 12.3. The molecule has 0 fully saturated rings. The Kier molecular flexibility index (Phi) is 4.51. The summed E-state index contributed by atoms with van der Waals surface area (Å²) in [6, 6.07) is 13.1. The molecule has 0 aromatic heterocycles. The number of aryl methyl sites for hydroxylation is 2. The van der Waals surface area contributed by atoms with Crippen molar-refractivity contribution in [3.05, 3.63) is 53.6 Å². The summed E-state index contributed by atoms with van der Waals surface area (Å²) in [5.41, 5.74) is 3.47. The lowest BCUT2D eigenvalue weighted by Gasteiger charge is -2.14. The number of para-hydroxylation sites is 2. The average molecular weight is 324 g/mol. The number of hydrogen-bond acceptors (Lipinski definition) is 3. The molecule has 24 heavy (non-hydrogen) atoms. The van der Waals surface area contributed by atoms with Gasteiger partial charge in [0.05, 0.1) is 11.6 Å². The molecule has 5 nitrogen and oxygen atoms in total. The highest BCUT2D eigenvalue weighted by molar-refractivity contribution is 5.99. The summed E-state index contributed by atoms with van der Waals surface area (Å²) in [6.07, 6.45) is 0.0766. The van der Waals surface area contributed by atoms with E-state index < -0.39 is 5.92 Å². The van der Waals surface area contributed by atoms with Crippen molar-refractivity contribution in [1.29, 1.82) is 0 Å². The number of carbonyl (C=O) groups excluding carboxylic acids is 2. The number of hydrogen-bond donors (Lipinski definition) is 2. The molecule has 0 aliphatic carbocycles. The third kappa shape index (κ3) is 3.56. The largest absolute Gasteiger partial charge is 0.491 e. The molecule has 0 saturated carbocycles. The molecular formula is C19H20N2O3. The first-order valence-corrected chi connectivity index (χ1v) is 7.93. The third-order valence-corrected chi connectivity index (χ3v) is 4.05. The fourth-order valence-electron chi connectivity index (χ4n) is 2.64. The predicted octanol–water partition coefficient (Wildman–Crippen LogP) is 3.28. The predicted molar refractivity (Wildman–Crippen MR) is 93.2 cm³/mol. The van der Waals surface area contributed by atoms with Crippen LogP contribution in [0, 0.1) is 19.8 Å². The fourth-order valence-corrected chi connectivity index (χ4v) is 2.64. The molecule has 1 atom stereocenters. The Morgan fingerprint density at radius 2 is 2.04 bits per heavy atom. The Morgan fingerprint density at radius 1 is 1.25 bits per heavy atom. The summed E-state index contributed by atoms with van der Waals surface area (Å²) in [5, 5.41) is 5.70. The van der Waals surface area contributed by atoms with Gasteiger partial charge >= 0.3 is 0 Å². The van der Waals surface area contributed by atoms with Crippen molar-refractivity contribution in [2.24, 2.45) is 5.92 Å². The second-order valence-corrected chi connectivity index (χ2v) is 6.06. The quantitative estimate of drug-likeness (QED) is 0.910. The number of fused-ring (bicyclic) bond motifs is 1. The average Bonchev–Trinajstić information content (AvgIpc) is 2.70. The first kappa shape index (κ1) is 16.1. The highest BCUT2D eigenvalue weighted by Crippen LogP contribution is 2.28. The van der Waals surface area contributed by atoms with E-state index in [1.54, 1.807) is 12.1 Å². The highest BCUT2D eigenvalue weighted by atomic mass is 16.5. The molecule has 0 radical (unpaired) electrons. The molecule has 2 amide bonds. The van der Waals surface area contributed by atoms with Gasteiger partial charge in [-0.05, 0) is 43.2 Å². The van der Waals surface area contributed by atoms with E-state index in [0.29, 0.717) is 11.4 Å². The molecule has 2 N–H and O–H groups in total. The van der Waals surface area contributed by atoms with Crippen molar-refractivity contribution in [3.63, 3.8) is 0 Å². The smallest absolute Gasteiger partial charge is 0.231 e. The van der Waals surface area contributed by atoms with E-state index in [4.69, 9.17) is 4.74 Å². The normalized spacial score (nSPS) is 16.4. The van der Waals surface area contributed by atoms with E-state index in [9.17, 15) is 9.59 Å². The summed E-state index contributed by atoms with van der Waals surface area (Å²) in [5.74, 6) is -0.291. The van der Waals surface area contributed by atoms with Gasteiger partial charge in [-0.2, -0.15) is 0 Å². The number of benzene rings is 2. The highest BCUT2D eigenvalue weighted by Gasteiger charge is 2.27. The minimum Gasteiger partial charge on any atom is -0.491 e. The van der Waals surface area contributed by atoms with Gasteiger partial charge in [-0.3, -0.25) is 9.59 Å². The van der Waals surface area contributed by atoms with Gasteiger partial charge in [-0.25, -0.2) is 0 Å². The van der Waals surface area contributed by atoms with Crippen molar-refractivity contribution in [1.82, 2.24) is 0 Å². The van der Waals surface area contributed by atoms with E-state index in [1.807, 2.05) is 44.2 Å². The number of anilines is 2. The van der Waals surface area contributed by atoms with Gasteiger partial charge in [-0.15, -0.1) is 0 Å². The molecule has 3 rings (SSSR count). The summed E-state index contributed by atoms with van der Waals surface area (Å²) in [4.78, 5) is 24.6. The third-order valence-electron chi connectivity index (χ3n) is 4.05. The van der Waals surface area contributed by atoms with E-state index in [-0.39, 0.29) is 24.8 Å². The molecule has 0 spiro atoms. The van der Waals surface area contributed by atoms with Gasteiger partial charge in [-0.1, -0.05) is 24.3 Å². The summed E-state index contributed by atoms with van der Waals surface area (Å²) in [6.45, 7) is 4.09. The number of carbonyl (C=O) groups is 2. The van der Waals surface area contributed by atoms with Crippen LogP contribution in [0.15, 0.2) is 42.5 Å². The van der Waals surface area contributed by atoms with Gasteiger partial charge in [0.2, 0.25) is 11.8 Å². The van der Waals surface area contributed by atoms with E-state index in [0.717, 1.165) is 16.8 Å². The minimum absolute atomic E-state index is 0.0766. The number of ether oxygens (including phenoxy) is 1. The van der Waals surface area contributed by atoms with Gasteiger partial charge in [0.15, 0.2) is 0 Å². The summed E-state index contributed by atoms with van der Waals surface area (Å²) < 4.78 is 5.66. The molecule has 5 heteroatoms. The van der Waals surface area contributed by atoms with Crippen LogP contribution in [0.3, 0.4) is 0 Å². The van der Waals surface area contributed by atoms with Gasteiger partial charge < -0.3 is 15.4 Å². The lowest BCUT2D eigenvalue weighted by Crippen LogP contribution is -2.29. The second kappa shape index (κ2) is 6.74. The van der Waals surface area contributed by atoms with Gasteiger partial charge in [0, 0.05) is 12.1 Å². The molecule has 0 saturated heterocycles. The number of nitrogens with one attached hydrogen (secondary N) is 2. The Balaban J connectivity index is 1.66. The first-order valence-electron chi connectivity index (χ1n) is 7.93. The molecule has 1 aliphatic rings. The standard InChI is InChI=1S/C19H20N2O3/c1-12-7-8-13(2)16(9-12)20-18(22)10-14-11-24-17-6-4-3-5-15(17)21-19(14)23/h3-9,14H,10-11H2,1-2H3,(H,20,22)(H,21,23)/t14-/m0/s1. The zero-order valence-electron chi connectivity index (χ0n) is 13.8. The zero-order valence-corrected chi connectivity index (χ0v) is 13.8. The Bertz CT molecular complexity index is 786. The van der Waals surface area contributed by atoms with Crippen molar-refractivity contribution in [2.45, 2.75) is 20.3 Å². The lowest BCUT2D eigenvalue weighted by molar-refractivity contribution is -0.125. The van der Waals surface area contributed by atoms with Crippen LogP contribution in [0.1, 0.15) is 17.5 Å². The maximum Gasteiger partial charge on any atom is 0.231 e. The lowest BCUT2D eigenvalue weighted by atomic mass is 10.0. The molecule has 1 heterocycles. The molecule has 0 unspecified atom stereocenters. The van der Waals surface area contributed by atoms with Crippen LogP contribution in [0.2, 0.25) is 0 Å². The van der Waals surface area contributed by atoms with Crippen LogP contribution in [0.25, 0.3) is 0 Å². The van der Waals surface area contributed by atoms with Gasteiger partial charge in [0.25, 0.3) is 0 Å². The SMILES string of the molecule is Cc1ccc(C)c(NC(=O)C[C@H]2COc3ccccc3NC2=O)c1. The molecule has 124 valence electrons. The monoisotopic (exact) mass is 324 g/mol. The molecular weight excluding hydrogens is 304 g/mol. The molecule has 0 bridgehead atoms. The van der Waals surface area contributed by atoms with Crippen molar-refractivity contribution in [2.75, 3.05) is 17.2 Å². The van der Waals surface area contributed by atoms with Crippen LogP contribution in [-0.2, 0) is 9.59 Å². The van der Waals surface area contributed by atoms with Crippen molar-refractivity contribution < 1.29 is 14.3 Å². The van der Waals surface area contributed by atoms with Crippen molar-refractivity contribution >= 4 is 23.2 Å². The Labute approximate surface area is 141 Å². The van der Waals surface area contributed by atoms with Crippen LogP contribution in [0.5, 0.6) is 5.75 Å². The first-order chi connectivity index (χ1) is 11.5. The minimum atomic E-state index is -0.525. The molecule has 1 aliphatic heterocycles. The Morgan fingerprint density at radius 3 is 2.88 bits per heavy atom. The van der Waals surface area contributed by atoms with Crippen LogP contribution in [0.4, 0.5) is 11.4 Å². The van der Waals surface area contributed by atoms with Crippen molar-refractivity contribution in [3.8, 4) is 5.75 Å². The van der Waals surface area contributed by atoms with Gasteiger partial charge in [0.1, 0.15) is 12.4 Å². The summed E-state index contributed by atoms with van der Waals surface area (Å²) in [7, 11) is 0. The number of amides is 2. The molecule has 2 aromatic carbocycles. The molecule has 2 aromatic rings. The topological polar surface area (TPSA) is 67.4 Å². The van der Waals surface area contributed by atoms with Crippen LogP contribution < -0.4 is 15.4 Å². The number of rotatable bonds is 3. The second-order valence-electron chi connectivity index (χ2n) is 6.06. The zero-order chi connectivity index (χ0) is 17.1. The van der Waals surface area contributed by atoms with E-state index in [1.165, 1.54) is 0 Å². The maximum absolute atomic E-state index is 12.3. The fraction of sp³-hybridized carbons (Fsp3) is 0.263. The van der Waals surface area contributed by atoms with Crippen LogP contribution in [-0.4, -0.2) is 18.4 Å². The van der Waals surface area contributed by atoms with E-state index >= 15 is 0 Å². The Hall–Kier alpha value is -2.82. The van der Waals surface area contributed by atoms with E-state index in [2.05, 4.69) is 10.6 Å². The van der Waals surface area contributed by atoms with Crippen LogP contribution >= 0.6 is 0 Å².